The lowest BCUT2D eigenvalue weighted by molar-refractivity contribution is 0.389. The average Bonchev–Trinajstić information content (AvgIpc) is 2.49. The molecule has 68 valence electrons. The fourth-order valence-corrected chi connectivity index (χ4v) is 1.81. The number of ether oxygens (including phenoxy) is 1. The van der Waals surface area contributed by atoms with Gasteiger partial charge in [-0.15, -0.1) is 0 Å². The quantitative estimate of drug-likeness (QED) is 0.819. The molecule has 0 atom stereocenters. The van der Waals surface area contributed by atoms with Gasteiger partial charge in [0.2, 0.25) is 0 Å². The summed E-state index contributed by atoms with van der Waals surface area (Å²) < 4.78 is 19.1. The third kappa shape index (κ3) is 1.27. The standard InChI is InChI=1S/C8H6FIN2O/c1-13-5-3-2-4-6(7(5)9)8(10)12-11-4/h2-3H,1H3,(H,11,12). The summed E-state index contributed by atoms with van der Waals surface area (Å²) in [6.07, 6.45) is 0. The Kier molecular flexibility index (Phi) is 2.10. The number of methoxy groups -OCH3 is 1. The number of aromatic amines is 1. The lowest BCUT2D eigenvalue weighted by Gasteiger charge is -2.00. The van der Waals surface area contributed by atoms with Gasteiger partial charge in [-0.2, -0.15) is 5.10 Å². The highest BCUT2D eigenvalue weighted by atomic mass is 127. The first kappa shape index (κ1) is 8.74. The van der Waals surface area contributed by atoms with E-state index >= 15 is 0 Å². The van der Waals surface area contributed by atoms with Gasteiger partial charge >= 0.3 is 0 Å². The zero-order valence-corrected chi connectivity index (χ0v) is 8.92. The Morgan fingerprint density at radius 1 is 1.54 bits per heavy atom. The van der Waals surface area contributed by atoms with Crippen LogP contribution in [-0.4, -0.2) is 17.3 Å². The molecule has 0 fully saturated rings. The topological polar surface area (TPSA) is 37.9 Å². The van der Waals surface area contributed by atoms with Crippen LogP contribution < -0.4 is 4.74 Å². The van der Waals surface area contributed by atoms with E-state index in [1.807, 2.05) is 22.6 Å². The van der Waals surface area contributed by atoms with E-state index in [9.17, 15) is 4.39 Å². The molecule has 0 spiro atoms. The highest BCUT2D eigenvalue weighted by Gasteiger charge is 2.12. The summed E-state index contributed by atoms with van der Waals surface area (Å²) >= 11 is 2.00. The molecule has 0 bridgehead atoms. The Balaban J connectivity index is 2.83. The maximum Gasteiger partial charge on any atom is 0.177 e. The minimum atomic E-state index is -0.363. The second kappa shape index (κ2) is 3.13. The number of halogens is 2. The molecule has 0 aliphatic heterocycles. The predicted octanol–water partition coefficient (Wildman–Crippen LogP) is 2.32. The smallest absolute Gasteiger partial charge is 0.177 e. The first-order valence-electron chi connectivity index (χ1n) is 3.60. The average molecular weight is 292 g/mol. The number of H-pyrrole nitrogens is 1. The van der Waals surface area contributed by atoms with Gasteiger partial charge in [0.05, 0.1) is 18.0 Å². The van der Waals surface area contributed by atoms with Crippen molar-refractivity contribution in [2.75, 3.05) is 7.11 Å². The summed E-state index contributed by atoms with van der Waals surface area (Å²) in [5.41, 5.74) is 0.614. The van der Waals surface area contributed by atoms with Crippen LogP contribution in [0.4, 0.5) is 4.39 Å². The van der Waals surface area contributed by atoms with Gasteiger partial charge in [0.1, 0.15) is 3.70 Å². The number of hydrogen-bond acceptors (Lipinski definition) is 2. The minimum Gasteiger partial charge on any atom is -0.494 e. The van der Waals surface area contributed by atoms with Crippen molar-refractivity contribution >= 4 is 33.5 Å². The summed E-state index contributed by atoms with van der Waals surface area (Å²) in [5, 5.41) is 7.12. The van der Waals surface area contributed by atoms with Crippen molar-refractivity contribution in [3.63, 3.8) is 0 Å². The van der Waals surface area contributed by atoms with Crippen LogP contribution in [0.3, 0.4) is 0 Å². The predicted molar refractivity (Wildman–Crippen MR) is 55.3 cm³/mol. The molecular formula is C8H6FIN2O. The Labute approximate surface area is 87.4 Å². The fraction of sp³-hybridized carbons (Fsp3) is 0.125. The van der Waals surface area contributed by atoms with Gasteiger partial charge in [0.25, 0.3) is 0 Å². The molecule has 2 rings (SSSR count). The molecule has 0 radical (unpaired) electrons. The van der Waals surface area contributed by atoms with Gasteiger partial charge in [-0.1, -0.05) is 0 Å². The summed E-state index contributed by atoms with van der Waals surface area (Å²) in [7, 11) is 1.44. The molecule has 0 saturated heterocycles. The van der Waals surface area contributed by atoms with Crippen LogP contribution in [-0.2, 0) is 0 Å². The molecule has 2 aromatic rings. The molecule has 0 saturated carbocycles. The Morgan fingerprint density at radius 3 is 3.00 bits per heavy atom. The van der Waals surface area contributed by atoms with E-state index in [0.717, 1.165) is 0 Å². The van der Waals surface area contributed by atoms with E-state index in [1.165, 1.54) is 7.11 Å². The van der Waals surface area contributed by atoms with Gasteiger partial charge in [-0.05, 0) is 34.7 Å². The van der Waals surface area contributed by atoms with Crippen molar-refractivity contribution in [3.05, 3.63) is 21.7 Å². The van der Waals surface area contributed by atoms with Crippen LogP contribution in [0.15, 0.2) is 12.1 Å². The number of aromatic nitrogens is 2. The lowest BCUT2D eigenvalue weighted by atomic mass is 10.2. The van der Waals surface area contributed by atoms with Gasteiger partial charge < -0.3 is 4.74 Å². The monoisotopic (exact) mass is 292 g/mol. The SMILES string of the molecule is COc1ccc2n[nH]c(I)c2c1F. The third-order valence-corrected chi connectivity index (χ3v) is 2.58. The molecule has 0 amide bonds. The van der Waals surface area contributed by atoms with Crippen molar-refractivity contribution < 1.29 is 9.13 Å². The highest BCUT2D eigenvalue weighted by molar-refractivity contribution is 14.1. The highest BCUT2D eigenvalue weighted by Crippen LogP contribution is 2.27. The van der Waals surface area contributed by atoms with Crippen molar-refractivity contribution in [1.29, 1.82) is 0 Å². The van der Waals surface area contributed by atoms with Crippen LogP contribution in [0.5, 0.6) is 5.75 Å². The van der Waals surface area contributed by atoms with E-state index in [0.29, 0.717) is 14.6 Å². The van der Waals surface area contributed by atoms with Crippen molar-refractivity contribution in [2.45, 2.75) is 0 Å². The molecule has 1 aromatic carbocycles. The number of fused-ring (bicyclic) bond motifs is 1. The molecule has 13 heavy (non-hydrogen) atoms. The van der Waals surface area contributed by atoms with Gasteiger partial charge in [-0.3, -0.25) is 5.10 Å². The first-order valence-corrected chi connectivity index (χ1v) is 4.68. The maximum atomic E-state index is 13.6. The molecule has 1 aromatic heterocycles. The third-order valence-electron chi connectivity index (χ3n) is 1.80. The Hall–Kier alpha value is -0.850. The maximum absolute atomic E-state index is 13.6. The molecule has 0 aliphatic carbocycles. The van der Waals surface area contributed by atoms with E-state index in [2.05, 4.69) is 10.2 Å². The number of benzene rings is 1. The number of hydrogen-bond donors (Lipinski definition) is 1. The summed E-state index contributed by atoms with van der Waals surface area (Å²) in [5.74, 6) is -0.120. The van der Waals surface area contributed by atoms with Crippen molar-refractivity contribution in [1.82, 2.24) is 10.2 Å². The summed E-state index contributed by atoms with van der Waals surface area (Å²) in [6.45, 7) is 0. The molecule has 1 N–H and O–H groups in total. The van der Waals surface area contributed by atoms with Gasteiger partial charge in [0.15, 0.2) is 11.6 Å². The zero-order valence-electron chi connectivity index (χ0n) is 6.77. The zero-order chi connectivity index (χ0) is 9.42. The molecule has 3 nitrogen and oxygen atoms in total. The second-order valence-electron chi connectivity index (χ2n) is 2.51. The normalized spacial score (nSPS) is 10.7. The second-order valence-corrected chi connectivity index (χ2v) is 3.59. The van der Waals surface area contributed by atoms with Crippen LogP contribution in [0, 0.1) is 9.52 Å². The number of rotatable bonds is 1. The molecule has 0 unspecified atom stereocenters. The largest absolute Gasteiger partial charge is 0.494 e. The van der Waals surface area contributed by atoms with E-state index < -0.39 is 0 Å². The van der Waals surface area contributed by atoms with Crippen molar-refractivity contribution in [3.8, 4) is 5.75 Å². The number of nitrogens with zero attached hydrogens (tertiary/aromatic N) is 1. The van der Waals surface area contributed by atoms with Gasteiger partial charge in [0, 0.05) is 0 Å². The Bertz CT molecular complexity index is 455. The van der Waals surface area contributed by atoms with E-state index in [-0.39, 0.29) is 11.6 Å². The van der Waals surface area contributed by atoms with Crippen LogP contribution >= 0.6 is 22.6 Å². The number of nitrogens with one attached hydrogen (secondary N) is 1. The van der Waals surface area contributed by atoms with E-state index in [4.69, 9.17) is 4.74 Å². The minimum absolute atomic E-state index is 0.242. The van der Waals surface area contributed by atoms with Crippen LogP contribution in [0.1, 0.15) is 0 Å². The van der Waals surface area contributed by atoms with Crippen LogP contribution in [0.2, 0.25) is 0 Å². The van der Waals surface area contributed by atoms with E-state index in [1.54, 1.807) is 12.1 Å². The first-order chi connectivity index (χ1) is 6.24. The summed E-state index contributed by atoms with van der Waals surface area (Å²) in [6, 6.07) is 3.28. The Morgan fingerprint density at radius 2 is 2.31 bits per heavy atom. The molecule has 1 heterocycles. The fourth-order valence-electron chi connectivity index (χ4n) is 1.17. The molecule has 0 aliphatic rings. The summed E-state index contributed by atoms with van der Waals surface area (Å²) in [4.78, 5) is 0. The lowest BCUT2D eigenvalue weighted by Crippen LogP contribution is -1.88. The van der Waals surface area contributed by atoms with Crippen molar-refractivity contribution in [2.24, 2.45) is 0 Å². The van der Waals surface area contributed by atoms with Gasteiger partial charge in [-0.25, -0.2) is 4.39 Å². The molecular weight excluding hydrogens is 286 g/mol. The van der Waals surface area contributed by atoms with Crippen LogP contribution in [0.25, 0.3) is 10.9 Å². The molecule has 5 heteroatoms.